The molecule has 0 aromatic carbocycles. The second kappa shape index (κ2) is 7.85. The van der Waals surface area contributed by atoms with Crippen LogP contribution in [0.5, 0.6) is 0 Å². The molecule has 25 heavy (non-hydrogen) atoms. The van der Waals surface area contributed by atoms with Crippen molar-refractivity contribution < 1.29 is 37.4 Å². The Labute approximate surface area is 142 Å². The van der Waals surface area contributed by atoms with Crippen LogP contribution in [0.3, 0.4) is 0 Å². The molecule has 0 aromatic heterocycles. The molecule has 1 aliphatic heterocycles. The molecular weight excluding hydrogens is 345 g/mol. The van der Waals surface area contributed by atoms with Gasteiger partial charge in [-0.1, -0.05) is 26.0 Å². The fraction of sp³-hybridized carbons (Fsp3) is 0.667. The number of aliphatic carboxylic acids is 1. The summed E-state index contributed by atoms with van der Waals surface area (Å²) in [6, 6.07) is -0.486. The van der Waals surface area contributed by atoms with Crippen molar-refractivity contribution in [1.29, 1.82) is 0 Å². The molecule has 1 heterocycles. The van der Waals surface area contributed by atoms with Crippen LogP contribution in [0.2, 0.25) is 0 Å². The number of esters is 1. The van der Waals surface area contributed by atoms with Crippen LogP contribution in [0.1, 0.15) is 26.7 Å². The number of ether oxygens (including phenoxy) is 1. The number of nitrogens with two attached hydrogens (primary N) is 1. The van der Waals surface area contributed by atoms with Crippen molar-refractivity contribution in [3.63, 3.8) is 0 Å². The molecule has 3 atom stereocenters. The number of carbonyl (C=O) groups is 3. The standard InChI is InChI=1S/C13H20N2O3.C2HF3O2/c1-13(2)7-18-12(17)11(13)15-10(16)6-8-3-4-9(14)5-8;3-2(4,5)1(6)7/h3-4,8-9,11H,5-7,14H2,1-2H3,(H,15,16);(H,6,7)/t8-,9+,11?;/m0./s1. The Bertz CT molecular complexity index is 560. The molecule has 142 valence electrons. The van der Waals surface area contributed by atoms with E-state index in [1.165, 1.54) is 0 Å². The molecule has 1 saturated heterocycles. The Morgan fingerprint density at radius 2 is 1.96 bits per heavy atom. The number of cyclic esters (lactones) is 1. The summed E-state index contributed by atoms with van der Waals surface area (Å²) in [5.74, 6) is -3.03. The highest BCUT2D eigenvalue weighted by Crippen LogP contribution is 2.29. The Kier molecular flexibility index (Phi) is 6.58. The van der Waals surface area contributed by atoms with Crippen LogP contribution in [0.15, 0.2) is 12.2 Å². The zero-order valence-corrected chi connectivity index (χ0v) is 13.8. The van der Waals surface area contributed by atoms with Crippen LogP contribution in [0.25, 0.3) is 0 Å². The number of alkyl halides is 3. The normalized spacial score (nSPS) is 27.3. The molecule has 10 heteroatoms. The predicted molar refractivity (Wildman–Crippen MR) is 80.2 cm³/mol. The second-order valence-electron chi connectivity index (χ2n) is 6.65. The van der Waals surface area contributed by atoms with Crippen LogP contribution in [0, 0.1) is 11.3 Å². The Balaban J connectivity index is 0.000000381. The van der Waals surface area contributed by atoms with Crippen LogP contribution in [-0.2, 0) is 19.1 Å². The van der Waals surface area contributed by atoms with Crippen LogP contribution >= 0.6 is 0 Å². The van der Waals surface area contributed by atoms with Crippen molar-refractivity contribution in [3.05, 3.63) is 12.2 Å². The zero-order chi connectivity index (χ0) is 19.4. The first kappa shape index (κ1) is 20.9. The van der Waals surface area contributed by atoms with Gasteiger partial charge in [0, 0.05) is 17.9 Å². The predicted octanol–water partition coefficient (Wildman–Crippen LogP) is 0.981. The number of rotatable bonds is 3. The number of amides is 1. The lowest BCUT2D eigenvalue weighted by molar-refractivity contribution is -0.192. The zero-order valence-electron chi connectivity index (χ0n) is 13.8. The summed E-state index contributed by atoms with van der Waals surface area (Å²) in [6.07, 6.45) is -0.00986. The van der Waals surface area contributed by atoms with Crippen LogP contribution < -0.4 is 11.1 Å². The number of carboxylic acid groups (broad SMARTS) is 1. The topological polar surface area (TPSA) is 119 Å². The van der Waals surface area contributed by atoms with Gasteiger partial charge in [-0.15, -0.1) is 0 Å². The van der Waals surface area contributed by atoms with Gasteiger partial charge in [0.15, 0.2) is 0 Å². The van der Waals surface area contributed by atoms with Gasteiger partial charge >= 0.3 is 18.1 Å². The third-order valence-corrected chi connectivity index (χ3v) is 3.80. The van der Waals surface area contributed by atoms with Gasteiger partial charge in [0.25, 0.3) is 0 Å². The molecule has 2 aliphatic rings. The fourth-order valence-electron chi connectivity index (χ4n) is 2.41. The van der Waals surface area contributed by atoms with E-state index in [0.29, 0.717) is 13.0 Å². The minimum absolute atomic E-state index is 0.0516. The number of halogens is 3. The molecule has 1 amide bonds. The number of carbonyl (C=O) groups excluding carboxylic acids is 2. The van der Waals surface area contributed by atoms with Crippen molar-refractivity contribution in [3.8, 4) is 0 Å². The van der Waals surface area contributed by atoms with E-state index in [2.05, 4.69) is 5.32 Å². The largest absolute Gasteiger partial charge is 0.490 e. The van der Waals surface area contributed by atoms with Crippen molar-refractivity contribution in [1.82, 2.24) is 5.32 Å². The summed E-state index contributed by atoms with van der Waals surface area (Å²) in [5.41, 5.74) is 5.40. The van der Waals surface area contributed by atoms with E-state index < -0.39 is 18.2 Å². The SMILES string of the molecule is CC1(C)COC(=O)C1NC(=O)C[C@H]1C=C[C@@H](N)C1.O=C(O)C(F)(F)F. The highest BCUT2D eigenvalue weighted by atomic mass is 19.4. The third kappa shape index (κ3) is 6.37. The third-order valence-electron chi connectivity index (χ3n) is 3.80. The Morgan fingerprint density at radius 3 is 2.32 bits per heavy atom. The van der Waals surface area contributed by atoms with E-state index in [-0.39, 0.29) is 29.3 Å². The first-order chi connectivity index (χ1) is 11.3. The van der Waals surface area contributed by atoms with Gasteiger partial charge < -0.3 is 20.9 Å². The fourth-order valence-corrected chi connectivity index (χ4v) is 2.41. The minimum Gasteiger partial charge on any atom is -0.475 e. The van der Waals surface area contributed by atoms with Gasteiger partial charge in [-0.3, -0.25) is 4.79 Å². The molecular formula is C15H21F3N2O5. The molecule has 0 bridgehead atoms. The summed E-state index contributed by atoms with van der Waals surface area (Å²) in [7, 11) is 0. The molecule has 1 unspecified atom stereocenters. The maximum atomic E-state index is 11.9. The quantitative estimate of drug-likeness (QED) is 0.506. The molecule has 0 saturated carbocycles. The van der Waals surface area contributed by atoms with Crippen molar-refractivity contribution in [2.75, 3.05) is 6.61 Å². The lowest BCUT2D eigenvalue weighted by Crippen LogP contribution is -2.46. The van der Waals surface area contributed by atoms with Gasteiger partial charge in [0.05, 0.1) is 6.61 Å². The molecule has 1 fully saturated rings. The molecule has 1 aliphatic carbocycles. The number of nitrogens with one attached hydrogen (secondary N) is 1. The van der Waals surface area contributed by atoms with E-state index in [4.69, 9.17) is 20.4 Å². The number of allylic oxidation sites excluding steroid dienone is 1. The van der Waals surface area contributed by atoms with Gasteiger partial charge in [-0.25, -0.2) is 9.59 Å². The number of hydrogen-bond acceptors (Lipinski definition) is 5. The first-order valence-corrected chi connectivity index (χ1v) is 7.53. The number of carboxylic acids is 1. The smallest absolute Gasteiger partial charge is 0.475 e. The van der Waals surface area contributed by atoms with E-state index in [1.54, 1.807) is 0 Å². The molecule has 0 radical (unpaired) electrons. The maximum Gasteiger partial charge on any atom is 0.490 e. The summed E-state index contributed by atoms with van der Waals surface area (Å²) in [6.45, 7) is 4.17. The van der Waals surface area contributed by atoms with E-state index in [9.17, 15) is 22.8 Å². The maximum absolute atomic E-state index is 11.9. The molecule has 2 rings (SSSR count). The Morgan fingerprint density at radius 1 is 1.40 bits per heavy atom. The molecule has 4 N–H and O–H groups in total. The lowest BCUT2D eigenvalue weighted by atomic mass is 9.87. The summed E-state index contributed by atoms with van der Waals surface area (Å²) < 4.78 is 36.7. The average Bonchev–Trinajstić information content (AvgIpc) is 2.96. The second-order valence-corrected chi connectivity index (χ2v) is 6.65. The van der Waals surface area contributed by atoms with Crippen LogP contribution in [-0.4, -0.2) is 47.8 Å². The van der Waals surface area contributed by atoms with E-state index in [1.807, 2.05) is 26.0 Å². The highest BCUT2D eigenvalue weighted by molar-refractivity contribution is 5.86. The van der Waals surface area contributed by atoms with Gasteiger partial charge in [-0.05, 0) is 12.3 Å². The minimum atomic E-state index is -5.08. The summed E-state index contributed by atoms with van der Waals surface area (Å²) >= 11 is 0. The van der Waals surface area contributed by atoms with E-state index in [0.717, 1.165) is 6.42 Å². The lowest BCUT2D eigenvalue weighted by Gasteiger charge is -2.23. The van der Waals surface area contributed by atoms with Gasteiger partial charge in [0.2, 0.25) is 5.91 Å². The van der Waals surface area contributed by atoms with Crippen molar-refractivity contribution >= 4 is 17.8 Å². The molecule has 0 spiro atoms. The van der Waals surface area contributed by atoms with Crippen molar-refractivity contribution in [2.45, 2.75) is 44.9 Å². The molecule has 7 nitrogen and oxygen atoms in total. The Hall–Kier alpha value is -2.10. The first-order valence-electron chi connectivity index (χ1n) is 7.53. The monoisotopic (exact) mass is 366 g/mol. The molecule has 0 aromatic rings. The summed E-state index contributed by atoms with van der Waals surface area (Å²) in [5, 5.41) is 9.90. The van der Waals surface area contributed by atoms with Gasteiger partial charge in [-0.2, -0.15) is 13.2 Å². The van der Waals surface area contributed by atoms with Crippen LogP contribution in [0.4, 0.5) is 13.2 Å². The average molecular weight is 366 g/mol. The van der Waals surface area contributed by atoms with Crippen molar-refractivity contribution in [2.24, 2.45) is 17.1 Å². The number of hydrogen-bond donors (Lipinski definition) is 3. The van der Waals surface area contributed by atoms with Gasteiger partial charge in [0.1, 0.15) is 6.04 Å². The summed E-state index contributed by atoms with van der Waals surface area (Å²) in [4.78, 5) is 32.3. The highest BCUT2D eigenvalue weighted by Gasteiger charge is 2.44. The van der Waals surface area contributed by atoms with E-state index >= 15 is 0 Å².